The van der Waals surface area contributed by atoms with E-state index in [1.807, 2.05) is 24.0 Å². The molecule has 2 aromatic rings. The van der Waals surface area contributed by atoms with Crippen molar-refractivity contribution in [1.82, 2.24) is 15.6 Å². The number of thioether (sulfide) groups is 1. The Kier molecular flexibility index (Phi) is 10.6. The second-order valence-electron chi connectivity index (χ2n) is 7.05. The molecule has 1 unspecified atom stereocenters. The van der Waals surface area contributed by atoms with Crippen LogP contribution in [0.15, 0.2) is 64.6 Å². The first-order valence-corrected chi connectivity index (χ1v) is 11.0. The molecule has 1 aliphatic heterocycles. The van der Waals surface area contributed by atoms with Crippen molar-refractivity contribution in [2.24, 2.45) is 4.99 Å². The van der Waals surface area contributed by atoms with E-state index in [4.69, 9.17) is 4.99 Å². The number of hydrogen-bond donors (Lipinski definition) is 2. The summed E-state index contributed by atoms with van der Waals surface area (Å²) in [6.07, 6.45) is 4.05. The first-order valence-electron chi connectivity index (χ1n) is 10.2. The Bertz CT molecular complexity index is 720. The lowest BCUT2D eigenvalue weighted by atomic mass is 10.1. The lowest BCUT2D eigenvalue weighted by Crippen LogP contribution is -2.49. The number of pyridine rings is 1. The van der Waals surface area contributed by atoms with E-state index in [1.165, 1.54) is 4.90 Å². The molecule has 0 amide bonds. The number of piperidine rings is 1. The van der Waals surface area contributed by atoms with Gasteiger partial charge in [0.15, 0.2) is 5.96 Å². The summed E-state index contributed by atoms with van der Waals surface area (Å²) >= 11 is 1.87. The van der Waals surface area contributed by atoms with Gasteiger partial charge in [-0.25, -0.2) is 4.98 Å². The molecule has 1 aromatic heterocycles. The van der Waals surface area contributed by atoms with Crippen molar-refractivity contribution in [3.05, 3.63) is 54.7 Å². The minimum absolute atomic E-state index is 0. The van der Waals surface area contributed by atoms with Crippen molar-refractivity contribution < 1.29 is 0 Å². The van der Waals surface area contributed by atoms with E-state index in [-0.39, 0.29) is 24.0 Å². The molecule has 1 aliphatic rings. The van der Waals surface area contributed by atoms with E-state index in [0.29, 0.717) is 11.3 Å². The molecule has 3 rings (SSSR count). The number of aromatic nitrogens is 1. The molecule has 1 aromatic carbocycles. The fraction of sp³-hybridized carbons (Fsp3) is 0.455. The minimum atomic E-state index is 0. The molecule has 7 heteroatoms. The Labute approximate surface area is 196 Å². The van der Waals surface area contributed by atoms with Crippen LogP contribution < -0.4 is 15.5 Å². The van der Waals surface area contributed by atoms with Crippen LogP contribution in [0.2, 0.25) is 0 Å². The van der Waals surface area contributed by atoms with Gasteiger partial charge in [-0.15, -0.1) is 35.7 Å². The number of anilines is 1. The monoisotopic (exact) mass is 525 g/mol. The van der Waals surface area contributed by atoms with E-state index < -0.39 is 0 Å². The number of nitrogens with one attached hydrogen (secondary N) is 2. The van der Waals surface area contributed by atoms with Crippen LogP contribution in [-0.2, 0) is 0 Å². The largest absolute Gasteiger partial charge is 0.357 e. The third kappa shape index (κ3) is 8.04. The average molecular weight is 526 g/mol. The number of benzene rings is 1. The van der Waals surface area contributed by atoms with Gasteiger partial charge in [-0.3, -0.25) is 4.99 Å². The summed E-state index contributed by atoms with van der Waals surface area (Å²) in [6.45, 7) is 8.06. The number of halogens is 1. The Morgan fingerprint density at radius 1 is 1.17 bits per heavy atom. The van der Waals surface area contributed by atoms with Gasteiger partial charge in [0, 0.05) is 42.0 Å². The lowest BCUT2D eigenvalue weighted by Gasteiger charge is -2.33. The zero-order valence-electron chi connectivity index (χ0n) is 17.3. The van der Waals surface area contributed by atoms with Gasteiger partial charge in [0.1, 0.15) is 5.82 Å². The summed E-state index contributed by atoms with van der Waals surface area (Å²) in [5, 5.41) is 7.46. The third-order valence-corrected chi connectivity index (χ3v) is 5.84. The quantitative estimate of drug-likeness (QED) is 0.243. The third-order valence-electron chi connectivity index (χ3n) is 4.74. The predicted molar refractivity (Wildman–Crippen MR) is 136 cm³/mol. The van der Waals surface area contributed by atoms with Crippen LogP contribution in [0.25, 0.3) is 0 Å². The highest BCUT2D eigenvalue weighted by molar-refractivity contribution is 14.0. The molecule has 5 nitrogen and oxygen atoms in total. The molecule has 1 saturated heterocycles. The van der Waals surface area contributed by atoms with E-state index in [0.717, 1.165) is 50.8 Å². The van der Waals surface area contributed by atoms with Crippen molar-refractivity contribution in [2.75, 3.05) is 31.1 Å². The van der Waals surface area contributed by atoms with E-state index in [2.05, 4.69) is 76.8 Å². The molecular formula is C22H32IN5S. The summed E-state index contributed by atoms with van der Waals surface area (Å²) in [5.41, 5.74) is 0. The Hall–Kier alpha value is -1.48. The molecule has 0 bridgehead atoms. The molecule has 1 fully saturated rings. The van der Waals surface area contributed by atoms with Gasteiger partial charge in [-0.2, -0.15) is 0 Å². The molecule has 2 heterocycles. The van der Waals surface area contributed by atoms with Crippen LogP contribution in [0.3, 0.4) is 0 Å². The van der Waals surface area contributed by atoms with E-state index >= 15 is 0 Å². The van der Waals surface area contributed by atoms with E-state index in [1.54, 1.807) is 0 Å². The first kappa shape index (κ1) is 23.8. The van der Waals surface area contributed by atoms with Crippen LogP contribution >= 0.6 is 35.7 Å². The molecule has 158 valence electrons. The molecule has 0 spiro atoms. The number of nitrogens with zero attached hydrogens (tertiary/aromatic N) is 3. The summed E-state index contributed by atoms with van der Waals surface area (Å²) in [5.74, 6) is 2.01. The van der Waals surface area contributed by atoms with Crippen molar-refractivity contribution in [2.45, 2.75) is 42.9 Å². The second kappa shape index (κ2) is 13.0. The highest BCUT2D eigenvalue weighted by Gasteiger charge is 2.20. The second-order valence-corrected chi connectivity index (χ2v) is 8.57. The van der Waals surface area contributed by atoms with Crippen molar-refractivity contribution >= 4 is 47.5 Å². The Balaban J connectivity index is 0.00000300. The topological polar surface area (TPSA) is 52.6 Å². The average Bonchev–Trinajstić information content (AvgIpc) is 2.74. The standard InChI is InChI=1S/C22H31N5S.HI/c1-3-23-22(25-17-18(2)28-20-9-5-4-6-10-20)26-19-12-15-27(16-13-19)21-11-7-8-14-24-21;/h4-11,14,18-19H,3,12-13,15-17H2,1-2H3,(H2,23,25,26);1H. The van der Waals surface area contributed by atoms with Gasteiger partial charge in [0.2, 0.25) is 0 Å². The van der Waals surface area contributed by atoms with Crippen LogP contribution in [0.1, 0.15) is 26.7 Å². The smallest absolute Gasteiger partial charge is 0.191 e. The summed E-state index contributed by atoms with van der Waals surface area (Å²) in [7, 11) is 0. The van der Waals surface area contributed by atoms with Crippen LogP contribution in [0, 0.1) is 0 Å². The SMILES string of the molecule is CCNC(=NCC(C)Sc1ccccc1)NC1CCN(c2ccccn2)CC1.I. The molecule has 1 atom stereocenters. The molecule has 0 radical (unpaired) electrons. The van der Waals surface area contributed by atoms with Crippen LogP contribution in [-0.4, -0.2) is 48.4 Å². The fourth-order valence-corrected chi connectivity index (χ4v) is 4.22. The van der Waals surface area contributed by atoms with Gasteiger partial charge >= 0.3 is 0 Å². The van der Waals surface area contributed by atoms with Crippen molar-refractivity contribution in [3.8, 4) is 0 Å². The Morgan fingerprint density at radius 2 is 1.90 bits per heavy atom. The molecule has 29 heavy (non-hydrogen) atoms. The summed E-state index contributed by atoms with van der Waals surface area (Å²) < 4.78 is 0. The summed E-state index contributed by atoms with van der Waals surface area (Å²) in [4.78, 5) is 13.0. The highest BCUT2D eigenvalue weighted by Crippen LogP contribution is 2.22. The van der Waals surface area contributed by atoms with Gasteiger partial charge < -0.3 is 15.5 Å². The normalized spacial score (nSPS) is 16.1. The van der Waals surface area contributed by atoms with Crippen LogP contribution in [0.5, 0.6) is 0 Å². The number of hydrogen-bond acceptors (Lipinski definition) is 4. The molecular weight excluding hydrogens is 493 g/mol. The summed E-state index contributed by atoms with van der Waals surface area (Å²) in [6, 6.07) is 17.1. The molecule has 0 aliphatic carbocycles. The van der Waals surface area contributed by atoms with Crippen molar-refractivity contribution in [3.63, 3.8) is 0 Å². The maximum absolute atomic E-state index is 4.83. The predicted octanol–water partition coefficient (Wildman–Crippen LogP) is 4.40. The van der Waals surface area contributed by atoms with Gasteiger partial charge in [0.05, 0.1) is 6.54 Å². The van der Waals surface area contributed by atoms with Crippen molar-refractivity contribution in [1.29, 1.82) is 0 Å². The van der Waals surface area contributed by atoms with E-state index in [9.17, 15) is 0 Å². The van der Waals surface area contributed by atoms with Gasteiger partial charge in [0.25, 0.3) is 0 Å². The number of aliphatic imine (C=N–C) groups is 1. The molecule has 0 saturated carbocycles. The maximum atomic E-state index is 4.83. The number of rotatable bonds is 7. The number of guanidine groups is 1. The fourth-order valence-electron chi connectivity index (χ4n) is 3.30. The van der Waals surface area contributed by atoms with Crippen LogP contribution in [0.4, 0.5) is 5.82 Å². The van der Waals surface area contributed by atoms with Gasteiger partial charge in [-0.05, 0) is 44.0 Å². The lowest BCUT2D eigenvalue weighted by molar-refractivity contribution is 0.459. The molecule has 2 N–H and O–H groups in total. The van der Waals surface area contributed by atoms with Gasteiger partial charge in [-0.1, -0.05) is 31.2 Å². The minimum Gasteiger partial charge on any atom is -0.357 e. The Morgan fingerprint density at radius 3 is 2.55 bits per heavy atom. The zero-order chi connectivity index (χ0) is 19.6. The maximum Gasteiger partial charge on any atom is 0.191 e. The highest BCUT2D eigenvalue weighted by atomic mass is 127. The first-order chi connectivity index (χ1) is 13.7. The zero-order valence-corrected chi connectivity index (χ0v) is 20.4.